The molecular weight excluding hydrogens is 569 g/mol. The van der Waals surface area contributed by atoms with Gasteiger partial charge in [0.25, 0.3) is 0 Å². The van der Waals surface area contributed by atoms with Crippen molar-refractivity contribution in [2.75, 3.05) is 11.5 Å². The minimum absolute atomic E-state index is 0.0805. The Kier molecular flexibility index (Phi) is 11.0. The molecule has 0 aromatic carbocycles. The van der Waals surface area contributed by atoms with Crippen LogP contribution in [0.1, 0.15) is 22.5 Å². The molecule has 0 unspecified atom stereocenters. The van der Waals surface area contributed by atoms with Gasteiger partial charge in [-0.1, -0.05) is 11.6 Å². The van der Waals surface area contributed by atoms with E-state index in [4.69, 9.17) is 28.1 Å². The molecule has 0 atom stereocenters. The molecule has 40 heavy (non-hydrogen) atoms. The van der Waals surface area contributed by atoms with E-state index >= 15 is 0 Å². The van der Waals surface area contributed by atoms with Gasteiger partial charge in [0, 0.05) is 23.1 Å². The number of hydrogen-bond acceptors (Lipinski definition) is 10. The lowest BCUT2D eigenvalue weighted by molar-refractivity contribution is -0.139. The Morgan fingerprint density at radius 2 is 1.30 bits per heavy atom. The standard InChI is InChI=1S/C11H9F3N4.C7H6BF3NO2.C4H4ClN3/c1-6-8(11(12,13)14)2-7(3-17-6)9-4-16-5-10(15)18-9;1-4-6(7(9,10)11)2-5(3-12-4)14-8-13;5-3-1-7-2-4(6)8-3/h2-5H,1H3,(H2,15,18);2-3,13H,1H3;1-2H,(H2,6,8). The molecule has 0 aliphatic heterocycles. The van der Waals surface area contributed by atoms with Crippen LogP contribution in [-0.2, 0) is 12.4 Å². The number of nitrogens with two attached hydrogens (primary N) is 2. The maximum atomic E-state index is 12.7. The first-order valence-electron chi connectivity index (χ1n) is 10.6. The molecule has 18 heteroatoms. The highest BCUT2D eigenvalue weighted by Gasteiger charge is 2.34. The van der Waals surface area contributed by atoms with Gasteiger partial charge in [0.1, 0.15) is 22.5 Å². The van der Waals surface area contributed by atoms with Crippen molar-refractivity contribution in [2.24, 2.45) is 0 Å². The average molecular weight is 588 g/mol. The Balaban J connectivity index is 0.000000226. The quantitative estimate of drug-likeness (QED) is 0.230. The number of anilines is 2. The topological polar surface area (TPSA) is 159 Å². The fraction of sp³-hybridized carbons (Fsp3) is 0.182. The zero-order valence-electron chi connectivity index (χ0n) is 20.5. The van der Waals surface area contributed by atoms with Crippen molar-refractivity contribution in [1.82, 2.24) is 29.9 Å². The van der Waals surface area contributed by atoms with Gasteiger partial charge in [-0.15, -0.1) is 0 Å². The largest absolute Gasteiger partial charge is 0.569 e. The highest BCUT2D eigenvalue weighted by molar-refractivity contribution is 6.29. The molecule has 10 nitrogen and oxygen atoms in total. The van der Waals surface area contributed by atoms with Gasteiger partial charge in [-0.2, -0.15) is 26.3 Å². The number of pyridine rings is 2. The second-order valence-corrected chi connectivity index (χ2v) is 7.86. The summed E-state index contributed by atoms with van der Waals surface area (Å²) in [5, 5.41) is 8.55. The molecule has 0 amide bonds. The minimum atomic E-state index is -4.47. The fourth-order valence-corrected chi connectivity index (χ4v) is 2.92. The Morgan fingerprint density at radius 1 is 0.775 bits per heavy atom. The number of aryl methyl sites for hydroxylation is 2. The second kappa shape index (κ2) is 13.7. The summed E-state index contributed by atoms with van der Waals surface area (Å²) in [6.45, 7) is 2.55. The zero-order valence-corrected chi connectivity index (χ0v) is 21.3. The van der Waals surface area contributed by atoms with E-state index < -0.39 is 23.5 Å². The predicted molar refractivity (Wildman–Crippen MR) is 133 cm³/mol. The average Bonchev–Trinajstić information content (AvgIpc) is 2.85. The van der Waals surface area contributed by atoms with Crippen LogP contribution in [0.4, 0.5) is 38.0 Å². The molecule has 5 N–H and O–H groups in total. The smallest absolute Gasteiger partial charge is 0.536 e. The molecule has 4 heterocycles. The van der Waals surface area contributed by atoms with Crippen LogP contribution in [0.3, 0.4) is 0 Å². The van der Waals surface area contributed by atoms with Crippen LogP contribution in [0.25, 0.3) is 11.3 Å². The number of alkyl halides is 6. The van der Waals surface area contributed by atoms with Crippen LogP contribution in [0.2, 0.25) is 5.15 Å². The molecule has 0 aliphatic carbocycles. The molecule has 0 spiro atoms. The lowest BCUT2D eigenvalue weighted by atomic mass is 10.1. The maximum absolute atomic E-state index is 12.7. The molecule has 0 fully saturated rings. The Hall–Kier alpha value is -4.25. The maximum Gasteiger partial charge on any atom is 0.569 e. The number of rotatable bonds is 3. The third-order valence-corrected chi connectivity index (χ3v) is 4.70. The summed E-state index contributed by atoms with van der Waals surface area (Å²) in [5.41, 5.74) is 9.24. The Bertz CT molecular complexity index is 1410. The van der Waals surface area contributed by atoms with Gasteiger partial charge >= 0.3 is 20.0 Å². The van der Waals surface area contributed by atoms with E-state index in [1.54, 1.807) is 0 Å². The van der Waals surface area contributed by atoms with Crippen molar-refractivity contribution in [3.05, 3.63) is 77.0 Å². The molecule has 0 aliphatic rings. The summed E-state index contributed by atoms with van der Waals surface area (Å²) in [6.07, 6.45) is -0.986. The molecule has 0 bridgehead atoms. The van der Waals surface area contributed by atoms with Gasteiger partial charge in [-0.05, 0) is 26.0 Å². The monoisotopic (exact) mass is 587 g/mol. The summed E-state index contributed by atoms with van der Waals surface area (Å²) in [7, 11) is 0.298. The van der Waals surface area contributed by atoms with Gasteiger partial charge in [-0.3, -0.25) is 19.9 Å². The first-order chi connectivity index (χ1) is 18.6. The highest BCUT2D eigenvalue weighted by Crippen LogP contribution is 2.34. The predicted octanol–water partition coefficient (Wildman–Crippen LogP) is 4.47. The van der Waals surface area contributed by atoms with Crippen LogP contribution in [0.15, 0.2) is 49.3 Å². The Morgan fingerprint density at radius 3 is 1.77 bits per heavy atom. The summed E-state index contributed by atoms with van der Waals surface area (Å²) in [5.74, 6) is 0.324. The van der Waals surface area contributed by atoms with E-state index in [9.17, 15) is 26.3 Å². The van der Waals surface area contributed by atoms with Crippen molar-refractivity contribution in [1.29, 1.82) is 0 Å². The van der Waals surface area contributed by atoms with E-state index in [-0.39, 0.29) is 34.2 Å². The van der Waals surface area contributed by atoms with Crippen LogP contribution in [0, 0.1) is 13.8 Å². The molecule has 0 saturated carbocycles. The summed E-state index contributed by atoms with van der Waals surface area (Å²) in [4.78, 5) is 22.2. The normalized spacial score (nSPS) is 10.9. The molecular formula is C22H19BClF6N8O2. The summed E-state index contributed by atoms with van der Waals surface area (Å²) in [6, 6.07) is 1.76. The van der Waals surface area contributed by atoms with Gasteiger partial charge in [0.05, 0.1) is 47.8 Å². The van der Waals surface area contributed by atoms with Gasteiger partial charge in [-0.25, -0.2) is 9.97 Å². The van der Waals surface area contributed by atoms with Gasteiger partial charge in [0.2, 0.25) is 0 Å². The van der Waals surface area contributed by atoms with E-state index in [1.807, 2.05) is 0 Å². The zero-order chi connectivity index (χ0) is 30.1. The van der Waals surface area contributed by atoms with Crippen LogP contribution < -0.4 is 16.1 Å². The Labute approximate surface area is 228 Å². The molecule has 211 valence electrons. The van der Waals surface area contributed by atoms with E-state index in [0.29, 0.717) is 18.7 Å². The third-order valence-electron chi connectivity index (χ3n) is 4.52. The molecule has 4 aromatic heterocycles. The van der Waals surface area contributed by atoms with Crippen molar-refractivity contribution >= 4 is 30.9 Å². The van der Waals surface area contributed by atoms with Crippen molar-refractivity contribution in [3.63, 3.8) is 0 Å². The van der Waals surface area contributed by atoms with Crippen molar-refractivity contribution in [2.45, 2.75) is 26.2 Å². The van der Waals surface area contributed by atoms with Crippen LogP contribution >= 0.6 is 11.6 Å². The van der Waals surface area contributed by atoms with E-state index in [1.165, 1.54) is 44.8 Å². The lowest BCUT2D eigenvalue weighted by Gasteiger charge is -2.10. The number of hydrogen-bond donors (Lipinski definition) is 3. The first-order valence-corrected chi connectivity index (χ1v) is 11.0. The van der Waals surface area contributed by atoms with E-state index in [0.717, 1.165) is 18.3 Å². The SMILES string of the molecule is Cc1ncc(-c2cncc(N)n2)cc1C(F)(F)F.Cc1ncc(O[B]O)cc1C(F)(F)F.Nc1cncc(Cl)n1. The summed E-state index contributed by atoms with van der Waals surface area (Å²) < 4.78 is 79.4. The molecule has 0 saturated heterocycles. The second-order valence-electron chi connectivity index (χ2n) is 7.48. The van der Waals surface area contributed by atoms with Crippen LogP contribution in [-0.4, -0.2) is 42.6 Å². The number of halogens is 7. The highest BCUT2D eigenvalue weighted by atomic mass is 35.5. The molecule has 4 aromatic rings. The summed E-state index contributed by atoms with van der Waals surface area (Å²) >= 11 is 5.39. The third kappa shape index (κ3) is 9.81. The minimum Gasteiger partial charge on any atom is -0.536 e. The number of nitrogen functional groups attached to an aromatic ring is 2. The van der Waals surface area contributed by atoms with Crippen LogP contribution in [0.5, 0.6) is 5.75 Å². The van der Waals surface area contributed by atoms with E-state index in [2.05, 4.69) is 34.6 Å². The fourth-order valence-electron chi connectivity index (χ4n) is 2.76. The van der Waals surface area contributed by atoms with Gasteiger partial charge < -0.3 is 21.1 Å². The number of aromatic nitrogens is 6. The number of nitrogens with zero attached hydrogens (tertiary/aromatic N) is 6. The molecule has 1 radical (unpaired) electrons. The molecule has 4 rings (SSSR count). The lowest BCUT2D eigenvalue weighted by Crippen LogP contribution is -2.10. The first kappa shape index (κ1) is 32.0. The van der Waals surface area contributed by atoms with Crippen molar-refractivity contribution in [3.8, 4) is 17.0 Å². The van der Waals surface area contributed by atoms with Gasteiger partial charge in [0.15, 0.2) is 0 Å². The van der Waals surface area contributed by atoms with Crippen molar-refractivity contribution < 1.29 is 36.0 Å².